The summed E-state index contributed by atoms with van der Waals surface area (Å²) in [6.45, 7) is 5.22. The number of esters is 1. The zero-order valence-corrected chi connectivity index (χ0v) is 16.2. The zero-order chi connectivity index (χ0) is 19.3. The Morgan fingerprint density at radius 1 is 1.23 bits per heavy atom. The molecule has 0 aliphatic heterocycles. The average molecular weight is 382 g/mol. The van der Waals surface area contributed by atoms with E-state index in [0.29, 0.717) is 5.56 Å². The van der Waals surface area contributed by atoms with Gasteiger partial charge < -0.3 is 10.1 Å². The Morgan fingerprint density at radius 2 is 1.88 bits per heavy atom. The van der Waals surface area contributed by atoms with Gasteiger partial charge in [-0.15, -0.1) is 0 Å². The maximum absolute atomic E-state index is 12.3. The summed E-state index contributed by atoms with van der Waals surface area (Å²) in [6.07, 6.45) is 3.24. The van der Waals surface area contributed by atoms with E-state index < -0.39 is 22.6 Å². The Labute approximate surface area is 154 Å². The van der Waals surface area contributed by atoms with Crippen molar-refractivity contribution < 1.29 is 22.7 Å². The molecule has 1 fully saturated rings. The van der Waals surface area contributed by atoms with E-state index >= 15 is 0 Å². The van der Waals surface area contributed by atoms with Gasteiger partial charge in [0, 0.05) is 12.1 Å². The first-order chi connectivity index (χ1) is 12.3. The molecule has 0 bridgehead atoms. The Hall–Kier alpha value is -1.93. The average Bonchev–Trinajstić information content (AvgIpc) is 3.41. The molecule has 0 heterocycles. The van der Waals surface area contributed by atoms with Gasteiger partial charge in [0.15, 0.2) is 6.61 Å². The first kappa shape index (κ1) is 20.4. The second-order valence-electron chi connectivity index (χ2n) is 6.53. The molecule has 1 aliphatic rings. The fraction of sp³-hybridized carbons (Fsp3) is 0.556. The number of rotatable bonds is 9. The summed E-state index contributed by atoms with van der Waals surface area (Å²) < 4.78 is 32.2. The van der Waals surface area contributed by atoms with E-state index in [-0.39, 0.29) is 28.4 Å². The van der Waals surface area contributed by atoms with Crippen LogP contribution < -0.4 is 10.0 Å². The van der Waals surface area contributed by atoms with Crippen molar-refractivity contribution in [3.63, 3.8) is 0 Å². The van der Waals surface area contributed by atoms with Crippen LogP contribution in [-0.2, 0) is 19.6 Å². The molecular formula is C18H26N2O5S. The topological polar surface area (TPSA) is 102 Å². The highest BCUT2D eigenvalue weighted by Gasteiger charge is 2.28. The fourth-order valence-corrected chi connectivity index (χ4v) is 3.78. The van der Waals surface area contributed by atoms with Crippen LogP contribution >= 0.6 is 0 Å². The van der Waals surface area contributed by atoms with Gasteiger partial charge >= 0.3 is 5.97 Å². The molecule has 2 N–H and O–H groups in total. The highest BCUT2D eigenvalue weighted by Crippen LogP contribution is 2.23. The third-order valence-electron chi connectivity index (χ3n) is 4.32. The second kappa shape index (κ2) is 8.64. The molecule has 1 amide bonds. The highest BCUT2D eigenvalue weighted by atomic mass is 32.2. The Balaban J connectivity index is 2.04. The number of nitrogens with one attached hydrogen (secondary N) is 2. The minimum Gasteiger partial charge on any atom is -0.452 e. The monoisotopic (exact) mass is 382 g/mol. The van der Waals surface area contributed by atoms with Crippen LogP contribution in [0.5, 0.6) is 0 Å². The molecule has 0 aromatic heterocycles. The quantitative estimate of drug-likeness (QED) is 0.635. The third kappa shape index (κ3) is 5.54. The van der Waals surface area contributed by atoms with Gasteiger partial charge in [0.1, 0.15) is 0 Å². The summed E-state index contributed by atoms with van der Waals surface area (Å²) >= 11 is 0. The molecule has 1 aromatic rings. The van der Waals surface area contributed by atoms with Crippen LogP contribution in [0.25, 0.3) is 0 Å². The van der Waals surface area contributed by atoms with Crippen LogP contribution in [0.1, 0.15) is 55.5 Å². The van der Waals surface area contributed by atoms with Crippen LogP contribution in [0.3, 0.4) is 0 Å². The second-order valence-corrected chi connectivity index (χ2v) is 8.24. The lowest BCUT2D eigenvalue weighted by atomic mass is 10.1. The van der Waals surface area contributed by atoms with Crippen LogP contribution in [0.15, 0.2) is 23.1 Å². The minimum atomic E-state index is -3.66. The molecule has 2 rings (SSSR count). The fourth-order valence-electron chi connectivity index (χ4n) is 2.45. The van der Waals surface area contributed by atoms with Gasteiger partial charge in [-0.3, -0.25) is 4.79 Å². The highest BCUT2D eigenvalue weighted by molar-refractivity contribution is 7.89. The van der Waals surface area contributed by atoms with Crippen LogP contribution in [0, 0.1) is 6.92 Å². The van der Waals surface area contributed by atoms with Gasteiger partial charge in [-0.2, -0.15) is 0 Å². The molecule has 7 nitrogen and oxygen atoms in total. The number of sulfonamides is 1. The summed E-state index contributed by atoms with van der Waals surface area (Å²) in [5, 5.41) is 2.78. The Kier molecular flexibility index (Phi) is 6.77. The molecule has 8 heteroatoms. The van der Waals surface area contributed by atoms with Gasteiger partial charge in [0.25, 0.3) is 5.91 Å². The lowest BCUT2D eigenvalue weighted by Crippen LogP contribution is -2.36. The standard InChI is InChI=1S/C18H26N2O5S/c1-4-13(5-2)19-17(21)11-25-18(22)16-10-15(9-6-12(16)3)26(23,24)20-14-7-8-14/h6,9-10,13-14,20H,4-5,7-8,11H2,1-3H3,(H,19,21). The van der Waals surface area contributed by atoms with E-state index in [2.05, 4.69) is 10.0 Å². The van der Waals surface area contributed by atoms with E-state index in [0.717, 1.165) is 25.7 Å². The van der Waals surface area contributed by atoms with Crippen molar-refractivity contribution in [3.05, 3.63) is 29.3 Å². The summed E-state index contributed by atoms with van der Waals surface area (Å²) in [4.78, 5) is 24.2. The number of benzene rings is 1. The predicted molar refractivity (Wildman–Crippen MR) is 97.3 cm³/mol. The number of ether oxygens (including phenoxy) is 1. The molecule has 1 aromatic carbocycles. The molecule has 0 radical (unpaired) electrons. The lowest BCUT2D eigenvalue weighted by Gasteiger charge is -2.15. The summed E-state index contributed by atoms with van der Waals surface area (Å²) in [5.74, 6) is -1.09. The van der Waals surface area contributed by atoms with Gasteiger partial charge in [-0.25, -0.2) is 17.9 Å². The van der Waals surface area contributed by atoms with Crippen molar-refractivity contribution in [2.75, 3.05) is 6.61 Å². The van der Waals surface area contributed by atoms with Crippen molar-refractivity contribution in [2.24, 2.45) is 0 Å². The molecule has 144 valence electrons. The Bertz CT molecular complexity index is 768. The lowest BCUT2D eigenvalue weighted by molar-refractivity contribution is -0.125. The van der Waals surface area contributed by atoms with Crippen molar-refractivity contribution in [3.8, 4) is 0 Å². The van der Waals surface area contributed by atoms with Crippen molar-refractivity contribution in [1.82, 2.24) is 10.0 Å². The number of carbonyl (C=O) groups is 2. The molecule has 1 saturated carbocycles. The number of aryl methyl sites for hydroxylation is 1. The first-order valence-corrected chi connectivity index (χ1v) is 10.3. The molecule has 26 heavy (non-hydrogen) atoms. The summed E-state index contributed by atoms with van der Waals surface area (Å²) in [5.41, 5.74) is 0.722. The summed E-state index contributed by atoms with van der Waals surface area (Å²) in [7, 11) is -3.66. The van der Waals surface area contributed by atoms with Crippen molar-refractivity contribution >= 4 is 21.9 Å². The molecule has 0 unspecified atom stereocenters. The number of amides is 1. The molecule has 0 saturated heterocycles. The zero-order valence-electron chi connectivity index (χ0n) is 15.4. The SMILES string of the molecule is CCC(CC)NC(=O)COC(=O)c1cc(S(=O)(=O)NC2CC2)ccc1C. The minimum absolute atomic E-state index is 0.0171. The molecule has 0 atom stereocenters. The van der Waals surface area contributed by atoms with Gasteiger partial charge in [0.2, 0.25) is 10.0 Å². The van der Waals surface area contributed by atoms with Gasteiger partial charge in [-0.05, 0) is 50.3 Å². The maximum atomic E-state index is 12.3. The third-order valence-corrected chi connectivity index (χ3v) is 5.84. The van der Waals surface area contributed by atoms with Crippen LogP contribution in [0.4, 0.5) is 0 Å². The number of carbonyl (C=O) groups excluding carboxylic acids is 2. The van der Waals surface area contributed by atoms with Crippen LogP contribution in [0.2, 0.25) is 0 Å². The molecule has 0 spiro atoms. The molecule has 1 aliphatic carbocycles. The Morgan fingerprint density at radius 3 is 2.46 bits per heavy atom. The van der Waals surface area contributed by atoms with E-state index in [4.69, 9.17) is 4.74 Å². The van der Waals surface area contributed by atoms with Gasteiger partial charge in [0.05, 0.1) is 10.5 Å². The van der Waals surface area contributed by atoms with Gasteiger partial charge in [-0.1, -0.05) is 19.9 Å². The molecular weight excluding hydrogens is 356 g/mol. The largest absolute Gasteiger partial charge is 0.452 e. The smallest absolute Gasteiger partial charge is 0.338 e. The number of hydrogen-bond acceptors (Lipinski definition) is 5. The maximum Gasteiger partial charge on any atom is 0.338 e. The predicted octanol–water partition coefficient (Wildman–Crippen LogP) is 1.90. The van der Waals surface area contributed by atoms with Crippen molar-refractivity contribution in [1.29, 1.82) is 0 Å². The normalized spacial score (nSPS) is 14.3. The van der Waals surface area contributed by atoms with E-state index in [1.54, 1.807) is 13.0 Å². The summed E-state index contributed by atoms with van der Waals surface area (Å²) in [6, 6.07) is 4.33. The van der Waals surface area contributed by atoms with E-state index in [1.807, 2.05) is 13.8 Å². The first-order valence-electron chi connectivity index (χ1n) is 8.86. The van der Waals surface area contributed by atoms with E-state index in [9.17, 15) is 18.0 Å². The number of hydrogen-bond donors (Lipinski definition) is 2. The van der Waals surface area contributed by atoms with Crippen molar-refractivity contribution in [2.45, 2.75) is 63.4 Å². The van der Waals surface area contributed by atoms with Crippen LogP contribution in [-0.4, -0.2) is 39.0 Å². The van der Waals surface area contributed by atoms with E-state index in [1.165, 1.54) is 12.1 Å².